The van der Waals surface area contributed by atoms with Crippen molar-refractivity contribution >= 4 is 27.3 Å². The highest BCUT2D eigenvalue weighted by Gasteiger charge is 2.34. The summed E-state index contributed by atoms with van der Waals surface area (Å²) in [6.07, 6.45) is 2.44. The molecule has 1 aromatic heterocycles. The van der Waals surface area contributed by atoms with Crippen LogP contribution in [0.25, 0.3) is 0 Å². The van der Waals surface area contributed by atoms with E-state index in [-0.39, 0.29) is 22.3 Å². The van der Waals surface area contributed by atoms with Crippen LogP contribution in [0.2, 0.25) is 0 Å². The van der Waals surface area contributed by atoms with Crippen LogP contribution in [-0.2, 0) is 21.2 Å². The Hall–Kier alpha value is -1.74. The van der Waals surface area contributed by atoms with Crippen molar-refractivity contribution < 1.29 is 17.9 Å². The summed E-state index contributed by atoms with van der Waals surface area (Å²) in [6, 6.07) is 9.41. The molecule has 1 amide bonds. The smallest absolute Gasteiger partial charge is 0.261 e. The largest absolute Gasteiger partial charge is 0.380 e. The van der Waals surface area contributed by atoms with Gasteiger partial charge >= 0.3 is 0 Å². The minimum Gasteiger partial charge on any atom is -0.380 e. The average molecular weight is 421 g/mol. The van der Waals surface area contributed by atoms with Crippen LogP contribution in [0.15, 0.2) is 34.5 Å². The van der Waals surface area contributed by atoms with Gasteiger partial charge in [0.15, 0.2) is 0 Å². The first kappa shape index (κ1) is 19.6. The number of hydrogen-bond donors (Lipinski definition) is 1. The van der Waals surface area contributed by atoms with Crippen LogP contribution in [0.4, 0.5) is 0 Å². The summed E-state index contributed by atoms with van der Waals surface area (Å²) in [5.41, 5.74) is 3.66. The third-order valence-corrected chi connectivity index (χ3v) is 8.94. The number of carbonyl (C=O) groups excluding carboxylic acids is 1. The first-order chi connectivity index (χ1) is 13.4. The second-order valence-electron chi connectivity index (χ2n) is 7.40. The first-order valence-corrected chi connectivity index (χ1v) is 11.7. The summed E-state index contributed by atoms with van der Waals surface area (Å²) >= 11 is 1.03. The lowest BCUT2D eigenvalue weighted by atomic mass is 10.1. The zero-order chi connectivity index (χ0) is 19.9. The Bertz CT molecular complexity index is 999. The Balaban J connectivity index is 1.47. The molecule has 1 aliphatic heterocycles. The molecule has 1 N–H and O–H groups in total. The monoisotopic (exact) mass is 420 g/mol. The van der Waals surface area contributed by atoms with Crippen molar-refractivity contribution in [1.82, 2.24) is 9.62 Å². The molecule has 0 spiro atoms. The highest BCUT2D eigenvalue weighted by Crippen LogP contribution is 2.33. The summed E-state index contributed by atoms with van der Waals surface area (Å²) in [4.78, 5) is 13.1. The molecule has 0 bridgehead atoms. The van der Waals surface area contributed by atoms with Gasteiger partial charge in [0.05, 0.1) is 17.0 Å². The Morgan fingerprint density at radius 1 is 1.25 bits per heavy atom. The molecule has 2 aromatic rings. The molecular weight excluding hydrogens is 396 g/mol. The van der Waals surface area contributed by atoms with Crippen molar-refractivity contribution in [3.8, 4) is 0 Å². The Morgan fingerprint density at radius 2 is 2.07 bits per heavy atom. The van der Waals surface area contributed by atoms with Crippen molar-refractivity contribution in [2.75, 3.05) is 20.2 Å². The van der Waals surface area contributed by atoms with Crippen LogP contribution < -0.4 is 5.32 Å². The van der Waals surface area contributed by atoms with E-state index in [4.69, 9.17) is 4.74 Å². The van der Waals surface area contributed by atoms with E-state index in [0.717, 1.165) is 29.7 Å². The van der Waals surface area contributed by atoms with E-state index >= 15 is 0 Å². The molecule has 1 fully saturated rings. The number of rotatable bonds is 5. The summed E-state index contributed by atoms with van der Waals surface area (Å²) < 4.78 is 32.5. The molecule has 1 saturated heterocycles. The highest BCUT2D eigenvalue weighted by atomic mass is 32.2. The van der Waals surface area contributed by atoms with Crippen molar-refractivity contribution in [2.45, 2.75) is 42.5 Å². The predicted molar refractivity (Wildman–Crippen MR) is 108 cm³/mol. The predicted octanol–water partition coefficient (Wildman–Crippen LogP) is 2.88. The molecule has 0 saturated carbocycles. The quantitative estimate of drug-likeness (QED) is 0.807. The van der Waals surface area contributed by atoms with Gasteiger partial charge in [-0.2, -0.15) is 4.31 Å². The number of aryl methyl sites for hydroxylation is 2. The van der Waals surface area contributed by atoms with Gasteiger partial charge in [-0.1, -0.05) is 23.8 Å². The van der Waals surface area contributed by atoms with Crippen LogP contribution in [0.1, 0.15) is 45.2 Å². The van der Waals surface area contributed by atoms with Gasteiger partial charge in [0.25, 0.3) is 15.9 Å². The molecule has 8 heteroatoms. The lowest BCUT2D eigenvalue weighted by Crippen LogP contribution is -2.29. The van der Waals surface area contributed by atoms with E-state index in [1.54, 1.807) is 13.2 Å². The Kier molecular flexibility index (Phi) is 5.30. The number of carbonyl (C=O) groups is 1. The second kappa shape index (κ2) is 7.59. The standard InChI is InChI=1S/C20H24N2O4S2/c1-13-3-5-16-14(11-13)4-6-17(16)21-20(23)18-7-8-19(27-18)28(24,25)22-10-9-15(12-22)26-2/h3,5,7-8,11,15,17H,4,6,9-10,12H2,1-2H3,(H,21,23)/t15-,17+/m0/s1. The van der Waals surface area contributed by atoms with Gasteiger partial charge in [0.1, 0.15) is 4.21 Å². The molecular formula is C20H24N2O4S2. The zero-order valence-electron chi connectivity index (χ0n) is 16.0. The molecule has 6 nitrogen and oxygen atoms in total. The SMILES string of the molecule is CO[C@H]1CCN(S(=O)(=O)c2ccc(C(=O)N[C@@H]3CCc4cc(C)ccc43)s2)C1. The summed E-state index contributed by atoms with van der Waals surface area (Å²) in [5, 5.41) is 3.06. The number of fused-ring (bicyclic) bond motifs is 1. The molecule has 28 heavy (non-hydrogen) atoms. The Morgan fingerprint density at radius 3 is 2.82 bits per heavy atom. The maximum Gasteiger partial charge on any atom is 0.261 e. The minimum absolute atomic E-state index is 0.0219. The van der Waals surface area contributed by atoms with E-state index in [2.05, 4.69) is 30.4 Å². The summed E-state index contributed by atoms with van der Waals surface area (Å²) in [5.74, 6) is -0.221. The van der Waals surface area contributed by atoms with Crippen LogP contribution in [-0.4, -0.2) is 44.9 Å². The number of nitrogens with zero attached hydrogens (tertiary/aromatic N) is 1. The topological polar surface area (TPSA) is 75.7 Å². The Labute approximate surface area is 169 Å². The lowest BCUT2D eigenvalue weighted by Gasteiger charge is -2.15. The van der Waals surface area contributed by atoms with Gasteiger partial charge in [-0.25, -0.2) is 8.42 Å². The molecule has 150 valence electrons. The maximum atomic E-state index is 12.8. The molecule has 4 rings (SSSR count). The average Bonchev–Trinajstić information content (AvgIpc) is 3.41. The third-order valence-electron chi connectivity index (χ3n) is 5.52. The van der Waals surface area contributed by atoms with Gasteiger partial charge in [-0.3, -0.25) is 4.79 Å². The van der Waals surface area contributed by atoms with Crippen LogP contribution in [0, 0.1) is 6.92 Å². The number of amides is 1. The normalized spacial score (nSPS) is 22.4. The molecule has 1 aromatic carbocycles. The van der Waals surface area contributed by atoms with E-state index in [1.165, 1.54) is 21.5 Å². The van der Waals surface area contributed by atoms with Gasteiger partial charge in [-0.15, -0.1) is 11.3 Å². The zero-order valence-corrected chi connectivity index (χ0v) is 17.6. The molecule has 2 atom stereocenters. The van der Waals surface area contributed by atoms with Crippen LogP contribution in [0.5, 0.6) is 0 Å². The highest BCUT2D eigenvalue weighted by molar-refractivity contribution is 7.91. The minimum atomic E-state index is -3.58. The number of ether oxygens (including phenoxy) is 1. The lowest BCUT2D eigenvalue weighted by molar-refractivity contribution is 0.0941. The number of sulfonamides is 1. The fourth-order valence-electron chi connectivity index (χ4n) is 3.94. The van der Waals surface area contributed by atoms with Crippen LogP contribution in [0.3, 0.4) is 0 Å². The number of methoxy groups -OCH3 is 1. The van der Waals surface area contributed by atoms with E-state index in [0.29, 0.717) is 24.4 Å². The van der Waals surface area contributed by atoms with Crippen molar-refractivity contribution in [1.29, 1.82) is 0 Å². The van der Waals surface area contributed by atoms with Crippen molar-refractivity contribution in [2.24, 2.45) is 0 Å². The van der Waals surface area contributed by atoms with Gasteiger partial charge in [0.2, 0.25) is 0 Å². The molecule has 0 radical (unpaired) electrons. The second-order valence-corrected chi connectivity index (χ2v) is 10.6. The summed E-state index contributed by atoms with van der Waals surface area (Å²) in [7, 11) is -1.99. The fourth-order valence-corrected chi connectivity index (χ4v) is 6.79. The fraction of sp³-hybridized carbons (Fsp3) is 0.450. The van der Waals surface area contributed by atoms with E-state index < -0.39 is 10.0 Å². The van der Waals surface area contributed by atoms with Crippen molar-refractivity contribution in [3.63, 3.8) is 0 Å². The number of benzene rings is 1. The van der Waals surface area contributed by atoms with E-state index in [9.17, 15) is 13.2 Å². The number of hydrogen-bond acceptors (Lipinski definition) is 5. The molecule has 1 aliphatic carbocycles. The third kappa shape index (κ3) is 3.61. The van der Waals surface area contributed by atoms with E-state index in [1.807, 2.05) is 0 Å². The van der Waals surface area contributed by atoms with Gasteiger partial charge < -0.3 is 10.1 Å². The number of nitrogens with one attached hydrogen (secondary N) is 1. The van der Waals surface area contributed by atoms with Gasteiger partial charge in [0, 0.05) is 20.2 Å². The molecule has 0 unspecified atom stereocenters. The first-order valence-electron chi connectivity index (χ1n) is 9.41. The maximum absolute atomic E-state index is 12.8. The van der Waals surface area contributed by atoms with Gasteiger partial charge in [-0.05, 0) is 49.4 Å². The summed E-state index contributed by atoms with van der Waals surface area (Å²) in [6.45, 7) is 2.87. The molecule has 2 aliphatic rings. The van der Waals surface area contributed by atoms with Crippen molar-refractivity contribution in [3.05, 3.63) is 51.9 Å². The number of thiophene rings is 1. The van der Waals surface area contributed by atoms with Crippen LogP contribution >= 0.6 is 11.3 Å². The molecule has 2 heterocycles.